The minimum atomic E-state index is 0.487. The second-order valence-electron chi connectivity index (χ2n) is 6.05. The second kappa shape index (κ2) is 7.39. The Kier molecular flexibility index (Phi) is 5.83. The van der Waals surface area contributed by atoms with Crippen LogP contribution in [0.5, 0.6) is 0 Å². The van der Waals surface area contributed by atoms with E-state index in [2.05, 4.69) is 31.5 Å². The van der Waals surface area contributed by atoms with Crippen LogP contribution in [0.15, 0.2) is 5.38 Å². The van der Waals surface area contributed by atoms with E-state index in [0.717, 1.165) is 12.5 Å². The van der Waals surface area contributed by atoms with E-state index in [4.69, 9.17) is 4.98 Å². The molecule has 1 aromatic heterocycles. The van der Waals surface area contributed by atoms with Gasteiger partial charge in [-0.3, -0.25) is 0 Å². The van der Waals surface area contributed by atoms with Gasteiger partial charge in [-0.2, -0.15) is 0 Å². The summed E-state index contributed by atoms with van der Waals surface area (Å²) in [4.78, 5) is 4.89. The van der Waals surface area contributed by atoms with E-state index in [1.807, 2.05) is 11.3 Å². The van der Waals surface area contributed by atoms with Crippen LogP contribution in [0.3, 0.4) is 0 Å². The highest BCUT2D eigenvalue weighted by Gasteiger charge is 2.26. The van der Waals surface area contributed by atoms with Crippen molar-refractivity contribution in [1.29, 1.82) is 0 Å². The highest BCUT2D eigenvalue weighted by Crippen LogP contribution is 2.35. The molecule has 1 aromatic rings. The van der Waals surface area contributed by atoms with Gasteiger partial charge in [0.25, 0.3) is 0 Å². The summed E-state index contributed by atoms with van der Waals surface area (Å²) in [5.74, 6) is 1.33. The molecule has 0 saturated heterocycles. The summed E-state index contributed by atoms with van der Waals surface area (Å²) in [6, 6.07) is 0.487. The molecule has 0 bridgehead atoms. The fraction of sp³-hybridized carbons (Fsp3) is 0.812. The van der Waals surface area contributed by atoms with Gasteiger partial charge in [0.05, 0.1) is 11.7 Å². The third-order valence-electron chi connectivity index (χ3n) is 4.19. The molecule has 2 nitrogen and oxygen atoms in total. The van der Waals surface area contributed by atoms with Gasteiger partial charge in [0, 0.05) is 5.38 Å². The Morgan fingerprint density at radius 3 is 2.47 bits per heavy atom. The Bertz CT molecular complexity index is 365. The van der Waals surface area contributed by atoms with Crippen molar-refractivity contribution >= 4 is 11.3 Å². The number of nitrogens with zero attached hydrogens (tertiary/aromatic N) is 1. The Labute approximate surface area is 122 Å². The molecular formula is C16H28N2S. The van der Waals surface area contributed by atoms with Gasteiger partial charge in [0.15, 0.2) is 0 Å². The maximum Gasteiger partial charge on any atom is 0.110 e. The molecule has 0 aromatic carbocycles. The van der Waals surface area contributed by atoms with Crippen molar-refractivity contribution in [2.45, 2.75) is 71.3 Å². The molecule has 2 rings (SSSR count). The third-order valence-corrected chi connectivity index (χ3v) is 5.14. The topological polar surface area (TPSA) is 24.9 Å². The minimum Gasteiger partial charge on any atom is -0.308 e. The van der Waals surface area contributed by atoms with Gasteiger partial charge in [-0.1, -0.05) is 46.5 Å². The molecule has 1 aliphatic rings. The van der Waals surface area contributed by atoms with Crippen LogP contribution in [0.4, 0.5) is 0 Å². The molecule has 3 heteroatoms. The molecule has 1 aliphatic carbocycles. The number of rotatable bonds is 5. The first-order valence-corrected chi connectivity index (χ1v) is 8.79. The molecule has 0 amide bonds. The molecule has 0 spiro atoms. The second-order valence-corrected chi connectivity index (χ2v) is 6.94. The smallest absolute Gasteiger partial charge is 0.110 e. The molecule has 1 fully saturated rings. The lowest BCUT2D eigenvalue weighted by Gasteiger charge is -2.25. The molecule has 0 aliphatic heterocycles. The van der Waals surface area contributed by atoms with Crippen molar-refractivity contribution in [3.05, 3.63) is 16.1 Å². The summed E-state index contributed by atoms with van der Waals surface area (Å²) >= 11 is 1.85. The van der Waals surface area contributed by atoms with E-state index >= 15 is 0 Å². The zero-order valence-electron chi connectivity index (χ0n) is 12.6. The van der Waals surface area contributed by atoms with Crippen LogP contribution < -0.4 is 5.32 Å². The van der Waals surface area contributed by atoms with Crippen LogP contribution in [0.1, 0.15) is 82.0 Å². The zero-order valence-corrected chi connectivity index (χ0v) is 13.4. The fourth-order valence-electron chi connectivity index (χ4n) is 3.03. The number of nitrogens with one attached hydrogen (secondary N) is 1. The van der Waals surface area contributed by atoms with Crippen molar-refractivity contribution in [3.8, 4) is 0 Å². The first kappa shape index (κ1) is 15.0. The Morgan fingerprint density at radius 1 is 1.26 bits per heavy atom. The molecule has 1 atom stereocenters. The van der Waals surface area contributed by atoms with E-state index in [1.54, 1.807) is 0 Å². The van der Waals surface area contributed by atoms with Crippen LogP contribution >= 0.6 is 11.3 Å². The van der Waals surface area contributed by atoms with Gasteiger partial charge in [0.1, 0.15) is 5.01 Å². The normalized spacial score (nSPS) is 19.6. The summed E-state index contributed by atoms with van der Waals surface area (Å²) in [5, 5.41) is 7.26. The van der Waals surface area contributed by atoms with Crippen molar-refractivity contribution in [2.75, 3.05) is 6.54 Å². The van der Waals surface area contributed by atoms with Crippen LogP contribution in [0.25, 0.3) is 0 Å². The van der Waals surface area contributed by atoms with Crippen molar-refractivity contribution in [1.82, 2.24) is 10.3 Å². The summed E-state index contributed by atoms with van der Waals surface area (Å²) in [6.07, 6.45) is 8.38. The zero-order chi connectivity index (χ0) is 13.7. The van der Waals surface area contributed by atoms with Gasteiger partial charge >= 0.3 is 0 Å². The largest absolute Gasteiger partial charge is 0.308 e. The molecule has 1 heterocycles. The van der Waals surface area contributed by atoms with Crippen molar-refractivity contribution in [3.63, 3.8) is 0 Å². The van der Waals surface area contributed by atoms with Gasteiger partial charge < -0.3 is 5.32 Å². The molecule has 19 heavy (non-hydrogen) atoms. The highest BCUT2D eigenvalue weighted by molar-refractivity contribution is 7.09. The maximum absolute atomic E-state index is 4.89. The SMILES string of the molecule is CCNC(c1nc(C(C)C)cs1)C1CCCCCC1. The monoisotopic (exact) mass is 280 g/mol. The maximum atomic E-state index is 4.89. The summed E-state index contributed by atoms with van der Waals surface area (Å²) in [5.41, 5.74) is 1.26. The van der Waals surface area contributed by atoms with E-state index < -0.39 is 0 Å². The molecule has 1 N–H and O–H groups in total. The molecule has 108 valence electrons. The van der Waals surface area contributed by atoms with Gasteiger partial charge in [-0.25, -0.2) is 4.98 Å². The van der Waals surface area contributed by atoms with E-state index in [9.17, 15) is 0 Å². The summed E-state index contributed by atoms with van der Waals surface area (Å²) in [7, 11) is 0. The van der Waals surface area contributed by atoms with Crippen LogP contribution in [0.2, 0.25) is 0 Å². The molecule has 1 unspecified atom stereocenters. The Morgan fingerprint density at radius 2 is 1.95 bits per heavy atom. The first-order valence-electron chi connectivity index (χ1n) is 7.91. The Balaban J connectivity index is 2.12. The molecular weight excluding hydrogens is 252 g/mol. The average Bonchev–Trinajstić information content (AvgIpc) is 2.72. The average molecular weight is 280 g/mol. The number of aromatic nitrogens is 1. The van der Waals surface area contributed by atoms with Gasteiger partial charge in [-0.15, -0.1) is 11.3 Å². The lowest BCUT2D eigenvalue weighted by molar-refractivity contribution is 0.329. The first-order chi connectivity index (χ1) is 9.22. The van der Waals surface area contributed by atoms with E-state index in [0.29, 0.717) is 12.0 Å². The molecule has 0 radical (unpaired) electrons. The summed E-state index contributed by atoms with van der Waals surface area (Å²) in [6.45, 7) is 7.71. The van der Waals surface area contributed by atoms with Gasteiger partial charge in [0.2, 0.25) is 0 Å². The quantitative estimate of drug-likeness (QED) is 0.777. The third kappa shape index (κ3) is 4.03. The van der Waals surface area contributed by atoms with Crippen LogP contribution in [-0.2, 0) is 0 Å². The number of hydrogen-bond donors (Lipinski definition) is 1. The van der Waals surface area contributed by atoms with Crippen LogP contribution in [0, 0.1) is 5.92 Å². The van der Waals surface area contributed by atoms with Crippen LogP contribution in [-0.4, -0.2) is 11.5 Å². The lowest BCUT2D eigenvalue weighted by atomic mass is 9.92. The van der Waals surface area contributed by atoms with E-state index in [-0.39, 0.29) is 0 Å². The number of hydrogen-bond acceptors (Lipinski definition) is 3. The van der Waals surface area contributed by atoms with Gasteiger partial charge in [-0.05, 0) is 31.2 Å². The predicted molar refractivity (Wildman–Crippen MR) is 83.8 cm³/mol. The van der Waals surface area contributed by atoms with E-state index in [1.165, 1.54) is 49.2 Å². The Hall–Kier alpha value is -0.410. The molecule has 1 saturated carbocycles. The predicted octanol–water partition coefficient (Wildman–Crippen LogP) is 4.89. The standard InChI is InChI=1S/C16H28N2S/c1-4-17-15(13-9-7-5-6-8-10-13)16-18-14(11-19-16)12(2)3/h11-13,15,17H,4-10H2,1-3H3. The number of thiazole rings is 1. The van der Waals surface area contributed by atoms with Crippen molar-refractivity contribution < 1.29 is 0 Å². The lowest BCUT2D eigenvalue weighted by Crippen LogP contribution is -2.28. The van der Waals surface area contributed by atoms with Crippen molar-refractivity contribution in [2.24, 2.45) is 5.92 Å². The summed E-state index contributed by atoms with van der Waals surface area (Å²) < 4.78 is 0. The fourth-order valence-corrected chi connectivity index (χ4v) is 4.18. The highest BCUT2D eigenvalue weighted by atomic mass is 32.1. The minimum absolute atomic E-state index is 0.487.